The molecule has 1 aromatic rings. The van der Waals surface area contributed by atoms with Gasteiger partial charge in [-0.1, -0.05) is 0 Å². The summed E-state index contributed by atoms with van der Waals surface area (Å²) >= 11 is 0. The summed E-state index contributed by atoms with van der Waals surface area (Å²) in [5, 5.41) is 3.08. The highest BCUT2D eigenvalue weighted by Crippen LogP contribution is 2.60. The predicted octanol–water partition coefficient (Wildman–Crippen LogP) is 2.52. The largest absolute Gasteiger partial charge is 0.446 e. The van der Waals surface area contributed by atoms with Crippen molar-refractivity contribution < 1.29 is 18.7 Å². The van der Waals surface area contributed by atoms with Crippen LogP contribution in [0.2, 0.25) is 0 Å². The second kappa shape index (κ2) is 6.85. The van der Waals surface area contributed by atoms with E-state index in [1.54, 1.807) is 11.0 Å². The molecule has 0 spiro atoms. The molecule has 2 amide bonds. The summed E-state index contributed by atoms with van der Waals surface area (Å²) in [6, 6.07) is 2.86. The number of hydrogen-bond acceptors (Lipinski definition) is 5. The average molecular weight is 402 g/mol. The minimum absolute atomic E-state index is 0.0522. The van der Waals surface area contributed by atoms with Crippen molar-refractivity contribution in [2.24, 2.45) is 28.9 Å². The van der Waals surface area contributed by atoms with Gasteiger partial charge in [0.05, 0.1) is 5.41 Å². The molecule has 2 heterocycles. The zero-order valence-corrected chi connectivity index (χ0v) is 16.4. The second-order valence-electron chi connectivity index (χ2n) is 9.37. The molecule has 7 nitrogen and oxygen atoms in total. The van der Waals surface area contributed by atoms with Gasteiger partial charge in [-0.05, 0) is 68.4 Å². The van der Waals surface area contributed by atoms with Crippen molar-refractivity contribution in [3.8, 4) is 0 Å². The van der Waals surface area contributed by atoms with Gasteiger partial charge in [-0.2, -0.15) is 0 Å². The zero-order chi connectivity index (χ0) is 20.2. The zero-order valence-electron chi connectivity index (χ0n) is 16.4. The Balaban J connectivity index is 1.20. The number of amides is 2. The quantitative estimate of drug-likeness (QED) is 0.807. The summed E-state index contributed by atoms with van der Waals surface area (Å²) < 4.78 is 19.8. The number of rotatable bonds is 4. The van der Waals surface area contributed by atoms with Crippen molar-refractivity contribution in [2.45, 2.75) is 50.7 Å². The summed E-state index contributed by atoms with van der Waals surface area (Å²) in [5.41, 5.74) is 5.35. The molecule has 3 atom stereocenters. The Bertz CT molecular complexity index is 818. The standard InChI is InChI=1S/C21H27FN4O3/c22-16-2-1-4-24-18(16)25-15-3-5-26(11-15)20(28)29-17-13-6-12-7-14(17)10-21(8-12,9-13)19(23)27/h1-2,4,12-15,17H,3,5-11H2,(H2,23,27)(H,24,25). The van der Waals surface area contributed by atoms with E-state index in [2.05, 4.69) is 10.3 Å². The number of nitrogens with zero attached hydrogens (tertiary/aromatic N) is 2. The van der Waals surface area contributed by atoms with E-state index in [1.165, 1.54) is 12.3 Å². The lowest BCUT2D eigenvalue weighted by Crippen LogP contribution is -2.59. The van der Waals surface area contributed by atoms with Gasteiger partial charge in [-0.15, -0.1) is 0 Å². The third-order valence-electron chi connectivity index (χ3n) is 7.49. The van der Waals surface area contributed by atoms with E-state index in [1.807, 2.05) is 0 Å². The molecular weight excluding hydrogens is 375 g/mol. The van der Waals surface area contributed by atoms with Crippen LogP contribution in [0.3, 0.4) is 0 Å². The first-order valence-electron chi connectivity index (χ1n) is 10.6. The smallest absolute Gasteiger partial charge is 0.410 e. The van der Waals surface area contributed by atoms with E-state index in [-0.39, 0.29) is 47.2 Å². The lowest BCUT2D eigenvalue weighted by atomic mass is 9.48. The Morgan fingerprint density at radius 1 is 1.28 bits per heavy atom. The second-order valence-corrected chi connectivity index (χ2v) is 9.37. The van der Waals surface area contributed by atoms with E-state index in [4.69, 9.17) is 10.5 Å². The van der Waals surface area contributed by atoms with Crippen molar-refractivity contribution in [1.29, 1.82) is 0 Å². The lowest BCUT2D eigenvalue weighted by molar-refractivity contribution is -0.161. The molecule has 156 valence electrons. The van der Waals surface area contributed by atoms with Crippen molar-refractivity contribution >= 4 is 17.8 Å². The van der Waals surface area contributed by atoms with Crippen LogP contribution in [0.4, 0.5) is 15.0 Å². The van der Waals surface area contributed by atoms with Gasteiger partial charge in [0.25, 0.3) is 0 Å². The summed E-state index contributed by atoms with van der Waals surface area (Å²) in [4.78, 5) is 30.6. The fourth-order valence-corrected chi connectivity index (χ4v) is 6.39. The van der Waals surface area contributed by atoms with Gasteiger partial charge in [0.15, 0.2) is 11.6 Å². The van der Waals surface area contributed by atoms with Gasteiger partial charge in [0.2, 0.25) is 5.91 Å². The molecule has 0 radical (unpaired) electrons. The number of likely N-dealkylation sites (tertiary alicyclic amines) is 1. The Hall–Kier alpha value is -2.38. The van der Waals surface area contributed by atoms with Gasteiger partial charge in [-0.25, -0.2) is 14.2 Å². The van der Waals surface area contributed by atoms with Crippen molar-refractivity contribution in [3.63, 3.8) is 0 Å². The number of carbonyl (C=O) groups is 2. The van der Waals surface area contributed by atoms with Crippen LogP contribution >= 0.6 is 0 Å². The lowest BCUT2D eigenvalue weighted by Gasteiger charge is -2.58. The minimum atomic E-state index is -0.398. The number of nitrogens with one attached hydrogen (secondary N) is 1. The maximum absolute atomic E-state index is 13.8. The molecule has 5 aliphatic rings. The molecule has 0 aromatic carbocycles. The van der Waals surface area contributed by atoms with E-state index in [0.29, 0.717) is 19.0 Å². The van der Waals surface area contributed by atoms with Gasteiger partial charge in [0, 0.05) is 25.3 Å². The van der Waals surface area contributed by atoms with Crippen LogP contribution in [-0.2, 0) is 9.53 Å². The minimum Gasteiger partial charge on any atom is -0.446 e. The number of aromatic nitrogens is 1. The topological polar surface area (TPSA) is 97.6 Å². The first-order valence-corrected chi connectivity index (χ1v) is 10.6. The third-order valence-corrected chi connectivity index (χ3v) is 7.49. The number of pyridine rings is 1. The third kappa shape index (κ3) is 3.22. The molecule has 8 heteroatoms. The fourth-order valence-electron chi connectivity index (χ4n) is 6.39. The van der Waals surface area contributed by atoms with Crippen LogP contribution in [0, 0.1) is 29.0 Å². The molecule has 4 saturated carbocycles. The number of primary amides is 1. The SMILES string of the molecule is NC(=O)C12CC3CC(C1)C(OC(=O)N1CCC(Nc4ncccc4F)C1)C(C3)C2. The highest BCUT2D eigenvalue weighted by Gasteiger charge is 2.59. The molecule has 3 N–H and O–H groups in total. The van der Waals surface area contributed by atoms with Crippen molar-refractivity contribution in [1.82, 2.24) is 9.88 Å². The highest BCUT2D eigenvalue weighted by molar-refractivity contribution is 5.81. The van der Waals surface area contributed by atoms with Gasteiger partial charge < -0.3 is 20.7 Å². The van der Waals surface area contributed by atoms with E-state index >= 15 is 0 Å². The molecule has 4 bridgehead atoms. The number of hydrogen-bond donors (Lipinski definition) is 2. The fraction of sp³-hybridized carbons (Fsp3) is 0.667. The average Bonchev–Trinajstić information content (AvgIpc) is 3.14. The Morgan fingerprint density at radius 3 is 2.72 bits per heavy atom. The molecule has 5 fully saturated rings. The Morgan fingerprint density at radius 2 is 2.03 bits per heavy atom. The van der Waals surface area contributed by atoms with Crippen LogP contribution in [0.1, 0.15) is 38.5 Å². The summed E-state index contributed by atoms with van der Waals surface area (Å²) in [5.74, 6) is 0.630. The normalized spacial score (nSPS) is 37.6. The number of ether oxygens (including phenoxy) is 1. The molecule has 29 heavy (non-hydrogen) atoms. The number of halogens is 1. The van der Waals surface area contributed by atoms with Crippen LogP contribution in [0.5, 0.6) is 0 Å². The molecule has 6 rings (SSSR count). The van der Waals surface area contributed by atoms with E-state index < -0.39 is 5.82 Å². The summed E-state index contributed by atoms with van der Waals surface area (Å²) in [6.45, 7) is 1.03. The number of carbonyl (C=O) groups excluding carboxylic acids is 2. The van der Waals surface area contributed by atoms with Crippen molar-refractivity contribution in [3.05, 3.63) is 24.1 Å². The van der Waals surface area contributed by atoms with E-state index in [9.17, 15) is 14.0 Å². The highest BCUT2D eigenvalue weighted by atomic mass is 19.1. The van der Waals surface area contributed by atoms with Crippen LogP contribution < -0.4 is 11.1 Å². The van der Waals surface area contributed by atoms with Crippen LogP contribution in [-0.4, -0.2) is 47.1 Å². The van der Waals surface area contributed by atoms with E-state index in [0.717, 1.165) is 38.5 Å². The molecule has 1 aromatic heterocycles. The maximum atomic E-state index is 13.8. The van der Waals surface area contributed by atoms with Crippen molar-refractivity contribution in [2.75, 3.05) is 18.4 Å². The van der Waals surface area contributed by atoms with Gasteiger partial charge in [0.1, 0.15) is 6.10 Å². The predicted molar refractivity (Wildman–Crippen MR) is 103 cm³/mol. The van der Waals surface area contributed by atoms with Gasteiger partial charge >= 0.3 is 6.09 Å². The molecule has 1 saturated heterocycles. The number of anilines is 1. The number of nitrogens with two attached hydrogens (primary N) is 1. The molecular formula is C21H27FN4O3. The van der Waals surface area contributed by atoms with Crippen LogP contribution in [0.25, 0.3) is 0 Å². The summed E-state index contributed by atoms with van der Waals surface area (Å²) in [7, 11) is 0. The maximum Gasteiger partial charge on any atom is 0.410 e. The van der Waals surface area contributed by atoms with Crippen LogP contribution in [0.15, 0.2) is 18.3 Å². The molecule has 4 aliphatic carbocycles. The first kappa shape index (κ1) is 18.6. The first-order chi connectivity index (χ1) is 13.9. The summed E-state index contributed by atoms with van der Waals surface area (Å²) in [6.07, 6.45) is 6.27. The monoisotopic (exact) mass is 402 g/mol. The molecule has 3 unspecified atom stereocenters. The Kier molecular flexibility index (Phi) is 4.40. The Labute approximate surface area is 169 Å². The molecule has 1 aliphatic heterocycles. The van der Waals surface area contributed by atoms with Gasteiger partial charge in [-0.3, -0.25) is 4.79 Å².